The Morgan fingerprint density at radius 1 is 1.10 bits per heavy atom. The van der Waals surface area contributed by atoms with Gasteiger partial charge in [0, 0.05) is 11.0 Å². The topological polar surface area (TPSA) is 42.2 Å². The van der Waals surface area contributed by atoms with Gasteiger partial charge in [0.05, 0.1) is 24.8 Å². The first-order chi connectivity index (χ1) is 9.79. The Morgan fingerprint density at radius 3 is 2.40 bits per heavy atom. The van der Waals surface area contributed by atoms with Gasteiger partial charge < -0.3 is 9.47 Å². The highest BCUT2D eigenvalue weighted by Crippen LogP contribution is 2.54. The summed E-state index contributed by atoms with van der Waals surface area (Å²) in [6.07, 6.45) is 6.89. The molecule has 1 heterocycles. The van der Waals surface area contributed by atoms with Crippen molar-refractivity contribution in [1.82, 2.24) is 0 Å². The zero-order chi connectivity index (χ0) is 13.6. The molecule has 2 bridgehead atoms. The number of benzene rings is 1. The van der Waals surface area contributed by atoms with Crippen LogP contribution in [0.1, 0.15) is 30.3 Å². The van der Waals surface area contributed by atoms with Crippen molar-refractivity contribution in [1.29, 1.82) is 5.26 Å². The summed E-state index contributed by atoms with van der Waals surface area (Å²) < 4.78 is 12.0. The van der Waals surface area contributed by atoms with Gasteiger partial charge in [-0.05, 0) is 36.8 Å². The molecule has 1 aromatic carbocycles. The molecule has 2 fully saturated rings. The Balaban J connectivity index is 1.47. The first-order valence-corrected chi connectivity index (χ1v) is 7.21. The number of fused-ring (bicyclic) bond motifs is 3. The van der Waals surface area contributed by atoms with Gasteiger partial charge in [-0.15, -0.1) is 0 Å². The Kier molecular flexibility index (Phi) is 2.70. The van der Waals surface area contributed by atoms with Crippen LogP contribution in [0, 0.1) is 28.6 Å². The lowest BCUT2D eigenvalue weighted by Crippen LogP contribution is -2.41. The Hall–Kier alpha value is -1.63. The average molecular weight is 267 g/mol. The number of allylic oxidation sites excluding steroid dienone is 2. The number of nitriles is 1. The number of hydrogen-bond donors (Lipinski definition) is 0. The minimum absolute atomic E-state index is 0.211. The van der Waals surface area contributed by atoms with Gasteiger partial charge >= 0.3 is 0 Å². The molecule has 2 unspecified atom stereocenters. The highest BCUT2D eigenvalue weighted by molar-refractivity contribution is 5.32. The van der Waals surface area contributed by atoms with Gasteiger partial charge in [-0.2, -0.15) is 5.26 Å². The molecule has 1 aliphatic heterocycles. The second kappa shape index (κ2) is 4.44. The van der Waals surface area contributed by atoms with E-state index in [0.717, 1.165) is 24.7 Å². The third-order valence-electron chi connectivity index (χ3n) is 4.98. The highest BCUT2D eigenvalue weighted by atomic mass is 16.7. The van der Waals surface area contributed by atoms with E-state index in [1.54, 1.807) is 0 Å². The predicted octanol–water partition coefficient (Wildman–Crippen LogP) is 3.19. The zero-order valence-corrected chi connectivity index (χ0v) is 11.3. The molecular formula is C17H17NO2. The second-order valence-corrected chi connectivity index (χ2v) is 6.24. The minimum atomic E-state index is -0.281. The van der Waals surface area contributed by atoms with Crippen LogP contribution in [0.3, 0.4) is 0 Å². The van der Waals surface area contributed by atoms with Crippen LogP contribution in [0.15, 0.2) is 36.4 Å². The van der Waals surface area contributed by atoms with Crippen molar-refractivity contribution in [2.24, 2.45) is 17.3 Å². The monoisotopic (exact) mass is 267 g/mol. The molecule has 0 amide bonds. The van der Waals surface area contributed by atoms with Crippen molar-refractivity contribution in [3.8, 4) is 6.07 Å². The van der Waals surface area contributed by atoms with Gasteiger partial charge in [0.2, 0.25) is 0 Å². The molecule has 3 nitrogen and oxygen atoms in total. The normalized spacial score (nSPS) is 38.2. The molecule has 0 aromatic heterocycles. The summed E-state index contributed by atoms with van der Waals surface area (Å²) in [5, 5.41) is 8.82. The van der Waals surface area contributed by atoms with E-state index in [4.69, 9.17) is 14.7 Å². The molecule has 20 heavy (non-hydrogen) atoms. The molecular weight excluding hydrogens is 250 g/mol. The summed E-state index contributed by atoms with van der Waals surface area (Å²) in [6, 6.07) is 9.59. The number of ether oxygens (including phenoxy) is 2. The van der Waals surface area contributed by atoms with Crippen LogP contribution >= 0.6 is 0 Å². The van der Waals surface area contributed by atoms with Gasteiger partial charge in [0.15, 0.2) is 6.29 Å². The molecule has 102 valence electrons. The van der Waals surface area contributed by atoms with E-state index >= 15 is 0 Å². The maximum absolute atomic E-state index is 8.82. The second-order valence-electron chi connectivity index (χ2n) is 6.24. The van der Waals surface area contributed by atoms with E-state index in [0.29, 0.717) is 11.5 Å². The highest BCUT2D eigenvalue weighted by Gasteiger charge is 2.51. The van der Waals surface area contributed by atoms with Crippen LogP contribution in [-0.4, -0.2) is 13.2 Å². The summed E-state index contributed by atoms with van der Waals surface area (Å²) in [4.78, 5) is 0. The molecule has 0 N–H and O–H groups in total. The van der Waals surface area contributed by atoms with Crippen molar-refractivity contribution < 1.29 is 9.47 Å². The molecule has 1 spiro atoms. The van der Waals surface area contributed by atoms with Gasteiger partial charge in [-0.3, -0.25) is 0 Å². The van der Waals surface area contributed by atoms with E-state index in [2.05, 4.69) is 18.2 Å². The lowest BCUT2D eigenvalue weighted by atomic mass is 9.76. The van der Waals surface area contributed by atoms with Crippen molar-refractivity contribution in [2.75, 3.05) is 13.2 Å². The maximum atomic E-state index is 8.82. The number of hydrogen-bond acceptors (Lipinski definition) is 3. The summed E-state index contributed by atoms with van der Waals surface area (Å²) in [6.45, 7) is 1.56. The third kappa shape index (κ3) is 1.80. The minimum Gasteiger partial charge on any atom is -0.348 e. The largest absolute Gasteiger partial charge is 0.348 e. The molecule has 2 aliphatic carbocycles. The first kappa shape index (κ1) is 12.1. The molecule has 1 saturated carbocycles. The Morgan fingerprint density at radius 2 is 1.85 bits per heavy atom. The van der Waals surface area contributed by atoms with Crippen molar-refractivity contribution in [3.05, 3.63) is 47.5 Å². The third-order valence-corrected chi connectivity index (χ3v) is 4.98. The van der Waals surface area contributed by atoms with Crippen LogP contribution in [0.25, 0.3) is 0 Å². The van der Waals surface area contributed by atoms with Gasteiger partial charge in [0.25, 0.3) is 0 Å². The van der Waals surface area contributed by atoms with Crippen LogP contribution in [0.5, 0.6) is 0 Å². The van der Waals surface area contributed by atoms with E-state index in [-0.39, 0.29) is 11.7 Å². The van der Waals surface area contributed by atoms with Crippen LogP contribution in [0.4, 0.5) is 0 Å². The fourth-order valence-electron chi connectivity index (χ4n) is 3.87. The van der Waals surface area contributed by atoms with Crippen molar-refractivity contribution in [3.63, 3.8) is 0 Å². The summed E-state index contributed by atoms with van der Waals surface area (Å²) in [7, 11) is 0. The number of rotatable bonds is 1. The first-order valence-electron chi connectivity index (χ1n) is 7.21. The lowest BCUT2D eigenvalue weighted by Gasteiger charge is -2.41. The van der Waals surface area contributed by atoms with Crippen molar-refractivity contribution >= 4 is 0 Å². The van der Waals surface area contributed by atoms with Gasteiger partial charge in [0.1, 0.15) is 0 Å². The Bertz CT molecular complexity index is 576. The molecule has 3 heteroatoms. The molecule has 1 saturated heterocycles. The van der Waals surface area contributed by atoms with E-state index in [1.165, 1.54) is 12.8 Å². The summed E-state index contributed by atoms with van der Waals surface area (Å²) in [5.41, 5.74) is 1.87. The average Bonchev–Trinajstić information content (AvgIpc) is 3.09. The maximum Gasteiger partial charge on any atom is 0.183 e. The molecule has 3 aliphatic rings. The lowest BCUT2D eigenvalue weighted by molar-refractivity contribution is -0.239. The van der Waals surface area contributed by atoms with E-state index in [1.807, 2.05) is 24.3 Å². The van der Waals surface area contributed by atoms with E-state index in [9.17, 15) is 0 Å². The fourth-order valence-corrected chi connectivity index (χ4v) is 3.87. The molecule has 2 atom stereocenters. The van der Waals surface area contributed by atoms with E-state index < -0.39 is 0 Å². The van der Waals surface area contributed by atoms with Crippen LogP contribution in [-0.2, 0) is 9.47 Å². The molecule has 4 rings (SSSR count). The summed E-state index contributed by atoms with van der Waals surface area (Å²) >= 11 is 0. The predicted molar refractivity (Wildman–Crippen MR) is 73.6 cm³/mol. The van der Waals surface area contributed by atoms with Crippen molar-refractivity contribution in [2.45, 2.75) is 19.1 Å². The van der Waals surface area contributed by atoms with Crippen LogP contribution in [0.2, 0.25) is 0 Å². The fraction of sp³-hybridized carbons (Fsp3) is 0.471. The smallest absolute Gasteiger partial charge is 0.183 e. The Labute approximate surface area is 118 Å². The zero-order valence-electron chi connectivity index (χ0n) is 11.3. The quantitative estimate of drug-likeness (QED) is 0.734. The van der Waals surface area contributed by atoms with Gasteiger partial charge in [-0.25, -0.2) is 0 Å². The van der Waals surface area contributed by atoms with Crippen LogP contribution < -0.4 is 0 Å². The standard InChI is InChI=1S/C17H17NO2/c18-9-12-1-4-14(5-2-12)16-19-10-17(11-20-16)8-13-3-6-15(17)7-13/h1-6,13,15-16H,7-8,10-11H2. The van der Waals surface area contributed by atoms with Gasteiger partial charge in [-0.1, -0.05) is 24.3 Å². The molecule has 0 radical (unpaired) electrons. The summed E-state index contributed by atoms with van der Waals surface area (Å²) in [5.74, 6) is 1.37. The molecule has 1 aromatic rings. The number of nitrogens with zero attached hydrogens (tertiary/aromatic N) is 1. The SMILES string of the molecule is N#Cc1ccc(C2OCC3(CO2)CC2C=CC3C2)cc1.